The fraction of sp³-hybridized carbons (Fsp3) is 0.158. The summed E-state index contributed by atoms with van der Waals surface area (Å²) in [4.78, 5) is 0. The van der Waals surface area contributed by atoms with Gasteiger partial charge in [0.25, 0.3) is 0 Å². The molecule has 0 unspecified atom stereocenters. The van der Waals surface area contributed by atoms with Gasteiger partial charge in [-0.05, 0) is 46.2 Å². The number of hydrogen-bond acceptors (Lipinski definition) is 0. The van der Waals surface area contributed by atoms with Crippen molar-refractivity contribution >= 4 is 11.1 Å². The van der Waals surface area contributed by atoms with Gasteiger partial charge < -0.3 is 0 Å². The molecule has 94 valence electrons. The van der Waals surface area contributed by atoms with Crippen molar-refractivity contribution in [1.82, 2.24) is 0 Å². The highest BCUT2D eigenvalue weighted by Crippen LogP contribution is 2.32. The molecule has 1 aliphatic carbocycles. The monoisotopic (exact) mass is 246 g/mol. The number of hydrogen-bond donors (Lipinski definition) is 0. The van der Waals surface area contributed by atoms with Crippen molar-refractivity contribution < 1.29 is 0 Å². The van der Waals surface area contributed by atoms with Gasteiger partial charge in [0.2, 0.25) is 0 Å². The third-order valence-corrected chi connectivity index (χ3v) is 3.83. The van der Waals surface area contributed by atoms with Crippen LogP contribution in [0.4, 0.5) is 0 Å². The van der Waals surface area contributed by atoms with Gasteiger partial charge in [0.05, 0.1) is 0 Å². The predicted molar refractivity (Wildman–Crippen MR) is 83.0 cm³/mol. The number of fused-ring (bicyclic) bond motifs is 1. The minimum Gasteiger partial charge on any atom is -0.0911 e. The van der Waals surface area contributed by atoms with Crippen LogP contribution >= 0.6 is 0 Å². The van der Waals surface area contributed by atoms with Crippen LogP contribution in [-0.4, -0.2) is 0 Å². The molecule has 19 heavy (non-hydrogen) atoms. The second-order valence-corrected chi connectivity index (χ2v) is 5.08. The maximum atomic E-state index is 4.19. The second kappa shape index (κ2) is 4.89. The van der Waals surface area contributed by atoms with Crippen molar-refractivity contribution in [2.24, 2.45) is 0 Å². The van der Waals surface area contributed by atoms with Gasteiger partial charge in [-0.25, -0.2) is 0 Å². The first-order valence-electron chi connectivity index (χ1n) is 6.85. The second-order valence-electron chi connectivity index (χ2n) is 5.08. The van der Waals surface area contributed by atoms with Crippen LogP contribution in [0, 0.1) is 0 Å². The van der Waals surface area contributed by atoms with Gasteiger partial charge in [0.1, 0.15) is 0 Å². The minimum atomic E-state index is 1.00. The molecular formula is C19H18. The molecule has 0 amide bonds. The molecule has 0 spiro atoms. The molecule has 0 atom stereocenters. The molecule has 0 saturated heterocycles. The molecule has 0 aliphatic heterocycles. The Morgan fingerprint density at radius 1 is 1.00 bits per heavy atom. The lowest BCUT2D eigenvalue weighted by Gasteiger charge is -2.19. The van der Waals surface area contributed by atoms with Crippen LogP contribution in [-0.2, 0) is 12.8 Å². The smallest absolute Gasteiger partial charge is 0.00135 e. The van der Waals surface area contributed by atoms with Crippen molar-refractivity contribution in [1.29, 1.82) is 0 Å². The van der Waals surface area contributed by atoms with Crippen LogP contribution in [0.3, 0.4) is 0 Å². The first-order chi connectivity index (χ1) is 9.28. The van der Waals surface area contributed by atoms with E-state index in [0.29, 0.717) is 0 Å². The van der Waals surface area contributed by atoms with E-state index in [4.69, 9.17) is 0 Å². The lowest BCUT2D eigenvalue weighted by molar-refractivity contribution is 1.14. The molecule has 0 bridgehead atoms. The van der Waals surface area contributed by atoms with Crippen LogP contribution in [0.25, 0.3) is 11.1 Å². The zero-order chi connectivity index (χ0) is 13.2. The highest BCUT2D eigenvalue weighted by Gasteiger charge is 2.14. The highest BCUT2D eigenvalue weighted by atomic mass is 14.2. The summed E-state index contributed by atoms with van der Waals surface area (Å²) in [5.74, 6) is 0. The third-order valence-electron chi connectivity index (χ3n) is 3.83. The normalized spacial score (nSPS) is 13.9. The van der Waals surface area contributed by atoms with Crippen molar-refractivity contribution in [3.8, 4) is 0 Å². The van der Waals surface area contributed by atoms with Crippen LogP contribution in [0.2, 0.25) is 0 Å². The first kappa shape index (κ1) is 12.0. The quantitative estimate of drug-likeness (QED) is 0.707. The van der Waals surface area contributed by atoms with Gasteiger partial charge in [-0.2, -0.15) is 0 Å². The van der Waals surface area contributed by atoms with Crippen LogP contribution in [0.15, 0.2) is 61.2 Å². The first-order valence-corrected chi connectivity index (χ1v) is 6.85. The zero-order valence-electron chi connectivity index (χ0n) is 11.3. The molecule has 0 nitrogen and oxygen atoms in total. The Labute approximate surface area is 115 Å². The molecule has 0 aromatic heterocycles. The molecule has 2 aromatic carbocycles. The molecule has 1 aliphatic rings. The summed E-state index contributed by atoms with van der Waals surface area (Å²) in [5, 5.41) is 0. The summed E-state index contributed by atoms with van der Waals surface area (Å²) in [6.07, 6.45) is 4.32. The Kier molecular flexibility index (Phi) is 3.08. The fourth-order valence-electron chi connectivity index (χ4n) is 2.67. The van der Waals surface area contributed by atoms with Crippen LogP contribution in [0.1, 0.15) is 29.2 Å². The van der Waals surface area contributed by atoms with E-state index in [2.05, 4.69) is 68.1 Å². The average molecular weight is 246 g/mol. The van der Waals surface area contributed by atoms with E-state index < -0.39 is 0 Å². The number of aryl methyl sites for hydroxylation is 1. The van der Waals surface area contributed by atoms with Crippen molar-refractivity contribution in [3.63, 3.8) is 0 Å². The van der Waals surface area contributed by atoms with E-state index in [-0.39, 0.29) is 0 Å². The van der Waals surface area contributed by atoms with E-state index in [1.807, 2.05) is 0 Å². The predicted octanol–water partition coefficient (Wildman–Crippen LogP) is 4.90. The van der Waals surface area contributed by atoms with Gasteiger partial charge in [-0.3, -0.25) is 0 Å². The van der Waals surface area contributed by atoms with Crippen molar-refractivity contribution in [3.05, 3.63) is 83.4 Å². The van der Waals surface area contributed by atoms with Gasteiger partial charge in [0.15, 0.2) is 0 Å². The highest BCUT2D eigenvalue weighted by molar-refractivity contribution is 5.88. The molecule has 0 saturated carbocycles. The molecule has 2 aromatic rings. The lowest BCUT2D eigenvalue weighted by atomic mass is 9.85. The SMILES string of the molecule is C=C1C=C(c2ccc(CC)cc2)Cc2ccccc21. The van der Waals surface area contributed by atoms with E-state index >= 15 is 0 Å². The standard InChI is InChI=1S/C19H18/c1-3-15-8-10-16(11-9-15)18-12-14(2)19-7-5-4-6-17(19)13-18/h4-12H,2-3,13H2,1H3. The molecule has 0 radical (unpaired) electrons. The van der Waals surface area contributed by atoms with Crippen molar-refractivity contribution in [2.45, 2.75) is 19.8 Å². The van der Waals surface area contributed by atoms with Crippen LogP contribution in [0.5, 0.6) is 0 Å². The van der Waals surface area contributed by atoms with Crippen molar-refractivity contribution in [2.75, 3.05) is 0 Å². The van der Waals surface area contributed by atoms with Gasteiger partial charge in [0, 0.05) is 0 Å². The Bertz CT molecular complexity index is 642. The Morgan fingerprint density at radius 3 is 2.47 bits per heavy atom. The Balaban J connectivity index is 1.97. The largest absolute Gasteiger partial charge is 0.0911 e. The lowest BCUT2D eigenvalue weighted by Crippen LogP contribution is -2.01. The zero-order valence-corrected chi connectivity index (χ0v) is 11.3. The molecule has 3 rings (SSSR count). The summed E-state index contributed by atoms with van der Waals surface area (Å²) >= 11 is 0. The van der Waals surface area contributed by atoms with Gasteiger partial charge in [-0.1, -0.05) is 68.1 Å². The summed E-state index contributed by atoms with van der Waals surface area (Å²) in [6, 6.07) is 17.4. The number of benzene rings is 2. The van der Waals surface area contributed by atoms with Gasteiger partial charge in [-0.15, -0.1) is 0 Å². The maximum absolute atomic E-state index is 4.19. The molecule has 0 fully saturated rings. The van der Waals surface area contributed by atoms with Crippen LogP contribution < -0.4 is 0 Å². The van der Waals surface area contributed by atoms with E-state index in [1.54, 1.807) is 0 Å². The fourth-order valence-corrected chi connectivity index (χ4v) is 2.67. The maximum Gasteiger partial charge on any atom is -0.00135 e. The Hall–Kier alpha value is -2.08. The number of rotatable bonds is 2. The van der Waals surface area contributed by atoms with E-state index in [1.165, 1.54) is 27.8 Å². The molecule has 0 N–H and O–H groups in total. The molecule has 0 heteroatoms. The summed E-state index contributed by atoms with van der Waals surface area (Å²) < 4.78 is 0. The summed E-state index contributed by atoms with van der Waals surface area (Å²) in [7, 11) is 0. The topological polar surface area (TPSA) is 0 Å². The minimum absolute atomic E-state index is 1.00. The number of allylic oxidation sites excluding steroid dienone is 3. The van der Waals surface area contributed by atoms with E-state index in [9.17, 15) is 0 Å². The summed E-state index contributed by atoms with van der Waals surface area (Å²) in [5.41, 5.74) is 7.86. The molecular weight excluding hydrogens is 228 g/mol. The van der Waals surface area contributed by atoms with E-state index in [0.717, 1.165) is 18.4 Å². The Morgan fingerprint density at radius 2 is 1.74 bits per heavy atom. The summed E-state index contributed by atoms with van der Waals surface area (Å²) in [6.45, 7) is 6.38. The third kappa shape index (κ3) is 2.26. The van der Waals surface area contributed by atoms with Gasteiger partial charge >= 0.3 is 0 Å². The molecule has 0 heterocycles. The average Bonchev–Trinajstić information content (AvgIpc) is 2.47.